The third-order valence-electron chi connectivity index (χ3n) is 4.33. The van der Waals surface area contributed by atoms with Gasteiger partial charge in [-0.1, -0.05) is 5.16 Å². The van der Waals surface area contributed by atoms with Crippen LogP contribution in [0.25, 0.3) is 11.5 Å². The molecule has 1 amide bonds. The van der Waals surface area contributed by atoms with Gasteiger partial charge in [-0.05, 0) is 51.1 Å². The summed E-state index contributed by atoms with van der Waals surface area (Å²) in [6, 6.07) is 11.1. The van der Waals surface area contributed by atoms with E-state index in [1.807, 2.05) is 61.7 Å². The highest BCUT2D eigenvalue weighted by atomic mass is 16.5. The Labute approximate surface area is 155 Å². The van der Waals surface area contributed by atoms with Gasteiger partial charge in [0.05, 0.1) is 11.3 Å². The molecule has 0 aliphatic carbocycles. The van der Waals surface area contributed by atoms with Crippen molar-refractivity contribution in [1.82, 2.24) is 24.5 Å². The number of aryl methyl sites for hydroxylation is 2. The summed E-state index contributed by atoms with van der Waals surface area (Å²) in [5.41, 5.74) is 3.87. The van der Waals surface area contributed by atoms with Crippen LogP contribution in [0.15, 0.2) is 53.6 Å². The zero-order chi connectivity index (χ0) is 19.0. The van der Waals surface area contributed by atoms with Gasteiger partial charge in [-0.15, -0.1) is 0 Å². The van der Waals surface area contributed by atoms with E-state index in [2.05, 4.69) is 20.6 Å². The average molecular weight is 362 g/mol. The molecule has 0 unspecified atom stereocenters. The molecule has 3 heterocycles. The number of carbonyl (C=O) groups excluding carboxylic acids is 1. The van der Waals surface area contributed by atoms with E-state index < -0.39 is 0 Å². The third kappa shape index (κ3) is 3.12. The molecule has 4 rings (SSSR count). The highest BCUT2D eigenvalue weighted by Crippen LogP contribution is 2.22. The lowest BCUT2D eigenvalue weighted by Gasteiger charge is -2.08. The molecule has 3 aromatic heterocycles. The van der Waals surface area contributed by atoms with Crippen molar-refractivity contribution in [3.63, 3.8) is 0 Å². The molecule has 136 valence electrons. The molecule has 0 aliphatic heterocycles. The highest BCUT2D eigenvalue weighted by molar-refractivity contribution is 6.05. The molecular weight excluding hydrogens is 344 g/mol. The molecule has 27 heavy (non-hydrogen) atoms. The molecule has 8 nitrogen and oxygen atoms in total. The number of anilines is 1. The average Bonchev–Trinajstić information content (AvgIpc) is 3.37. The van der Waals surface area contributed by atoms with E-state index in [-0.39, 0.29) is 5.91 Å². The molecule has 0 saturated heterocycles. The molecule has 0 spiro atoms. The van der Waals surface area contributed by atoms with Gasteiger partial charge in [0.25, 0.3) is 5.91 Å². The molecule has 1 aromatic carbocycles. The second-order valence-electron chi connectivity index (χ2n) is 6.26. The quantitative estimate of drug-likeness (QED) is 0.602. The molecule has 0 atom stereocenters. The first-order valence-electron chi connectivity index (χ1n) is 8.42. The van der Waals surface area contributed by atoms with Crippen molar-refractivity contribution in [3.8, 4) is 11.5 Å². The maximum atomic E-state index is 12.8. The van der Waals surface area contributed by atoms with Gasteiger partial charge < -0.3 is 9.84 Å². The first-order valence-corrected chi connectivity index (χ1v) is 8.42. The molecule has 4 aromatic rings. The monoisotopic (exact) mass is 362 g/mol. The Kier molecular flexibility index (Phi) is 4.08. The van der Waals surface area contributed by atoms with Crippen LogP contribution in [0.4, 0.5) is 5.69 Å². The smallest absolute Gasteiger partial charge is 0.257 e. The normalized spacial score (nSPS) is 10.9. The summed E-state index contributed by atoms with van der Waals surface area (Å²) >= 11 is 0. The fourth-order valence-corrected chi connectivity index (χ4v) is 3.04. The number of hydrogen-bond donors (Lipinski definition) is 1. The number of hydrogen-bond acceptors (Lipinski definition) is 5. The third-order valence-corrected chi connectivity index (χ3v) is 4.33. The summed E-state index contributed by atoms with van der Waals surface area (Å²) in [5.74, 6) is 1.21. The minimum absolute atomic E-state index is 0.178. The number of rotatable bonds is 4. The largest absolute Gasteiger partial charge is 0.360 e. The van der Waals surface area contributed by atoms with E-state index in [4.69, 9.17) is 4.52 Å². The van der Waals surface area contributed by atoms with Crippen molar-refractivity contribution < 1.29 is 9.32 Å². The molecular formula is C19H18N6O2. The summed E-state index contributed by atoms with van der Waals surface area (Å²) in [7, 11) is 0. The zero-order valence-corrected chi connectivity index (χ0v) is 15.2. The lowest BCUT2D eigenvalue weighted by Crippen LogP contribution is -2.13. The summed E-state index contributed by atoms with van der Waals surface area (Å²) < 4.78 is 8.71. The van der Waals surface area contributed by atoms with Gasteiger partial charge in [0, 0.05) is 23.1 Å². The fourth-order valence-electron chi connectivity index (χ4n) is 3.04. The number of amides is 1. The van der Waals surface area contributed by atoms with Crippen LogP contribution in [0.5, 0.6) is 0 Å². The predicted molar refractivity (Wildman–Crippen MR) is 99.4 cm³/mol. The fraction of sp³-hybridized carbons (Fsp3) is 0.158. The van der Waals surface area contributed by atoms with E-state index in [9.17, 15) is 4.79 Å². The van der Waals surface area contributed by atoms with E-state index in [1.165, 1.54) is 6.33 Å². The van der Waals surface area contributed by atoms with Crippen LogP contribution < -0.4 is 5.32 Å². The first kappa shape index (κ1) is 16.8. The topological polar surface area (TPSA) is 90.8 Å². The summed E-state index contributed by atoms with van der Waals surface area (Å²) in [6.07, 6.45) is 3.09. The van der Waals surface area contributed by atoms with Crippen LogP contribution in [0.2, 0.25) is 0 Å². The Bertz CT molecular complexity index is 1090. The van der Waals surface area contributed by atoms with Crippen molar-refractivity contribution in [2.75, 3.05) is 5.32 Å². The minimum atomic E-state index is -0.178. The Morgan fingerprint density at radius 2 is 1.89 bits per heavy atom. The molecule has 8 heteroatoms. The van der Waals surface area contributed by atoms with Gasteiger partial charge in [-0.2, -0.15) is 5.10 Å². The van der Waals surface area contributed by atoms with Crippen molar-refractivity contribution >= 4 is 11.6 Å². The minimum Gasteiger partial charge on any atom is -0.360 e. The van der Waals surface area contributed by atoms with Gasteiger partial charge in [-0.25, -0.2) is 9.67 Å². The van der Waals surface area contributed by atoms with Crippen LogP contribution in [0.3, 0.4) is 0 Å². The summed E-state index contributed by atoms with van der Waals surface area (Å²) in [4.78, 5) is 16.7. The van der Waals surface area contributed by atoms with Crippen molar-refractivity contribution in [2.45, 2.75) is 20.8 Å². The SMILES string of the molecule is Cc1cc(-n2c(C)cc(C(=O)Nc3ccc(-n4cncn4)cc3)c2C)no1. The van der Waals surface area contributed by atoms with Gasteiger partial charge in [0.1, 0.15) is 18.4 Å². The van der Waals surface area contributed by atoms with Gasteiger partial charge in [0.15, 0.2) is 5.82 Å². The van der Waals surface area contributed by atoms with Crippen LogP contribution in [0.1, 0.15) is 27.5 Å². The molecule has 1 N–H and O–H groups in total. The predicted octanol–water partition coefficient (Wildman–Crippen LogP) is 3.22. The number of carbonyl (C=O) groups is 1. The number of aromatic nitrogens is 5. The number of nitrogens with one attached hydrogen (secondary N) is 1. The number of nitrogens with zero attached hydrogens (tertiary/aromatic N) is 5. The lowest BCUT2D eigenvalue weighted by atomic mass is 10.2. The van der Waals surface area contributed by atoms with Crippen molar-refractivity contribution in [3.05, 3.63) is 71.8 Å². The molecule has 0 bridgehead atoms. The van der Waals surface area contributed by atoms with E-state index in [1.54, 1.807) is 11.0 Å². The van der Waals surface area contributed by atoms with E-state index in [0.29, 0.717) is 17.1 Å². The Morgan fingerprint density at radius 3 is 2.52 bits per heavy atom. The Hall–Kier alpha value is -3.68. The van der Waals surface area contributed by atoms with Crippen molar-refractivity contribution in [2.24, 2.45) is 0 Å². The second-order valence-corrected chi connectivity index (χ2v) is 6.26. The molecule has 0 radical (unpaired) electrons. The number of benzene rings is 1. The maximum Gasteiger partial charge on any atom is 0.257 e. The van der Waals surface area contributed by atoms with Crippen LogP contribution >= 0.6 is 0 Å². The van der Waals surface area contributed by atoms with Crippen LogP contribution in [-0.2, 0) is 0 Å². The molecule has 0 fully saturated rings. The summed E-state index contributed by atoms with van der Waals surface area (Å²) in [5, 5.41) is 11.0. The standard InChI is InChI=1S/C19H18N6O2/c1-12-8-17(14(3)25(12)18-9-13(2)27-23-18)19(26)22-15-4-6-16(7-5-15)24-11-20-10-21-24/h4-11H,1-3H3,(H,22,26). The molecule has 0 aliphatic rings. The summed E-state index contributed by atoms with van der Waals surface area (Å²) in [6.45, 7) is 5.65. The second kappa shape index (κ2) is 6.56. The zero-order valence-electron chi connectivity index (χ0n) is 15.2. The van der Waals surface area contributed by atoms with E-state index >= 15 is 0 Å². The van der Waals surface area contributed by atoms with Gasteiger partial charge >= 0.3 is 0 Å². The Balaban J connectivity index is 1.57. The van der Waals surface area contributed by atoms with E-state index in [0.717, 1.165) is 22.8 Å². The highest BCUT2D eigenvalue weighted by Gasteiger charge is 2.18. The van der Waals surface area contributed by atoms with Gasteiger partial charge in [-0.3, -0.25) is 9.36 Å². The lowest BCUT2D eigenvalue weighted by molar-refractivity contribution is 0.102. The Morgan fingerprint density at radius 1 is 1.11 bits per heavy atom. The molecule has 0 saturated carbocycles. The van der Waals surface area contributed by atoms with Crippen molar-refractivity contribution in [1.29, 1.82) is 0 Å². The van der Waals surface area contributed by atoms with Gasteiger partial charge in [0.2, 0.25) is 0 Å². The van der Waals surface area contributed by atoms with Crippen LogP contribution in [0, 0.1) is 20.8 Å². The van der Waals surface area contributed by atoms with Crippen LogP contribution in [-0.4, -0.2) is 30.4 Å². The maximum absolute atomic E-state index is 12.8. The first-order chi connectivity index (χ1) is 13.0.